The molecule has 0 bridgehead atoms. The van der Waals surface area contributed by atoms with E-state index in [-0.39, 0.29) is 5.41 Å². The first kappa shape index (κ1) is 12.4. The van der Waals surface area contributed by atoms with Gasteiger partial charge < -0.3 is 10.2 Å². The third-order valence-electron chi connectivity index (χ3n) is 2.99. The highest BCUT2D eigenvalue weighted by molar-refractivity contribution is 6.31. The fourth-order valence-electron chi connectivity index (χ4n) is 1.91. The highest BCUT2D eigenvalue weighted by atomic mass is 35.5. The van der Waals surface area contributed by atoms with Crippen LogP contribution in [0.4, 0.5) is 0 Å². The molecule has 2 rings (SSSR count). The summed E-state index contributed by atoms with van der Waals surface area (Å²) in [5.74, 6) is 0.725. The van der Waals surface area contributed by atoms with Crippen molar-refractivity contribution in [3.05, 3.63) is 28.6 Å². The van der Waals surface area contributed by atoms with Crippen molar-refractivity contribution < 1.29 is 4.42 Å². The van der Waals surface area contributed by atoms with Crippen LogP contribution in [0.15, 0.2) is 16.5 Å². The number of aryl methyl sites for hydroxylation is 1. The van der Waals surface area contributed by atoms with Crippen LogP contribution < -0.4 is 5.73 Å². The minimum absolute atomic E-state index is 0.146. The predicted octanol–water partition coefficient (Wildman–Crippen LogP) is 3.42. The highest BCUT2D eigenvalue weighted by Gasteiger charge is 2.26. The van der Waals surface area contributed by atoms with Gasteiger partial charge in [0, 0.05) is 10.4 Å². The Hall–Kier alpha value is -1.06. The van der Waals surface area contributed by atoms with Crippen LogP contribution in [0.2, 0.25) is 5.02 Å². The van der Waals surface area contributed by atoms with Gasteiger partial charge >= 0.3 is 0 Å². The van der Waals surface area contributed by atoms with E-state index in [0.29, 0.717) is 11.6 Å². The number of hydrogen-bond acceptors (Lipinski definition) is 3. The summed E-state index contributed by atoms with van der Waals surface area (Å²) in [6, 6.07) is 3.71. The topological polar surface area (TPSA) is 52.0 Å². The molecule has 92 valence electrons. The van der Waals surface area contributed by atoms with Crippen LogP contribution in [-0.4, -0.2) is 11.5 Å². The summed E-state index contributed by atoms with van der Waals surface area (Å²) in [6.45, 7) is 6.76. The molecule has 0 atom stereocenters. The maximum absolute atomic E-state index is 6.01. The maximum Gasteiger partial charge on any atom is 0.201 e. The number of halogens is 1. The number of oxazole rings is 1. The number of aromatic nitrogens is 1. The van der Waals surface area contributed by atoms with Crippen LogP contribution in [-0.2, 0) is 5.41 Å². The minimum Gasteiger partial charge on any atom is -0.440 e. The summed E-state index contributed by atoms with van der Waals surface area (Å²) in [6.07, 6.45) is 0.840. The predicted molar refractivity (Wildman–Crippen MR) is 70.5 cm³/mol. The summed E-state index contributed by atoms with van der Waals surface area (Å²) in [7, 11) is 0. The molecule has 2 aromatic rings. The lowest BCUT2D eigenvalue weighted by Crippen LogP contribution is -2.21. The molecular weight excluding hydrogens is 236 g/mol. The quantitative estimate of drug-likeness (QED) is 0.911. The zero-order valence-corrected chi connectivity index (χ0v) is 11.1. The molecule has 0 radical (unpaired) electrons. The van der Waals surface area contributed by atoms with Gasteiger partial charge in [-0.15, -0.1) is 0 Å². The Kier molecular flexibility index (Phi) is 3.15. The van der Waals surface area contributed by atoms with Crippen molar-refractivity contribution in [3.8, 4) is 0 Å². The van der Waals surface area contributed by atoms with Gasteiger partial charge in [0.1, 0.15) is 5.52 Å². The second kappa shape index (κ2) is 4.31. The first-order chi connectivity index (χ1) is 7.94. The van der Waals surface area contributed by atoms with E-state index in [1.54, 1.807) is 0 Å². The summed E-state index contributed by atoms with van der Waals surface area (Å²) in [5.41, 5.74) is 8.10. The molecule has 0 saturated carbocycles. The van der Waals surface area contributed by atoms with E-state index in [0.717, 1.165) is 29.0 Å². The second-order valence-electron chi connectivity index (χ2n) is 5.01. The second-order valence-corrected chi connectivity index (χ2v) is 5.45. The minimum atomic E-state index is -0.146. The highest BCUT2D eigenvalue weighted by Crippen LogP contribution is 2.31. The molecule has 1 aromatic carbocycles. The molecular formula is C13H17ClN2O. The van der Waals surface area contributed by atoms with Crippen LogP contribution in [0.3, 0.4) is 0 Å². The van der Waals surface area contributed by atoms with E-state index in [2.05, 4.69) is 18.8 Å². The Morgan fingerprint density at radius 3 is 2.76 bits per heavy atom. The van der Waals surface area contributed by atoms with E-state index in [9.17, 15) is 0 Å². The molecule has 0 spiro atoms. The van der Waals surface area contributed by atoms with Crippen molar-refractivity contribution in [2.75, 3.05) is 6.54 Å². The lowest BCUT2D eigenvalue weighted by Gasteiger charge is -2.18. The summed E-state index contributed by atoms with van der Waals surface area (Å²) >= 11 is 6.01. The molecule has 4 heteroatoms. The third-order valence-corrected chi connectivity index (χ3v) is 3.21. The molecule has 0 saturated heterocycles. The Morgan fingerprint density at radius 2 is 2.12 bits per heavy atom. The van der Waals surface area contributed by atoms with Gasteiger partial charge in [0.05, 0.1) is 0 Å². The monoisotopic (exact) mass is 252 g/mol. The Bertz CT molecular complexity index is 546. The molecule has 0 aliphatic carbocycles. The van der Waals surface area contributed by atoms with Crippen LogP contribution in [0.1, 0.15) is 31.7 Å². The maximum atomic E-state index is 6.01. The molecule has 0 amide bonds. The van der Waals surface area contributed by atoms with E-state index in [1.807, 2.05) is 19.1 Å². The molecule has 1 heterocycles. The normalized spacial score (nSPS) is 12.3. The molecule has 17 heavy (non-hydrogen) atoms. The Balaban J connectivity index is 2.55. The van der Waals surface area contributed by atoms with E-state index >= 15 is 0 Å². The van der Waals surface area contributed by atoms with Crippen molar-refractivity contribution in [1.29, 1.82) is 0 Å². The fraction of sp³-hybridized carbons (Fsp3) is 0.462. The fourth-order valence-corrected chi connectivity index (χ4v) is 2.18. The summed E-state index contributed by atoms with van der Waals surface area (Å²) in [4.78, 5) is 4.52. The molecule has 0 unspecified atom stereocenters. The third kappa shape index (κ3) is 2.31. The number of fused-ring (bicyclic) bond motifs is 1. The number of nitrogens with two attached hydrogens (primary N) is 1. The largest absolute Gasteiger partial charge is 0.440 e. The first-order valence-electron chi connectivity index (χ1n) is 5.71. The summed E-state index contributed by atoms with van der Waals surface area (Å²) in [5, 5.41) is 0.687. The average molecular weight is 253 g/mol. The van der Waals surface area contributed by atoms with Crippen LogP contribution in [0, 0.1) is 6.92 Å². The average Bonchev–Trinajstić information content (AvgIpc) is 2.62. The number of hydrogen-bond donors (Lipinski definition) is 1. The van der Waals surface area contributed by atoms with Crippen molar-refractivity contribution in [3.63, 3.8) is 0 Å². The van der Waals surface area contributed by atoms with Crippen LogP contribution in [0.5, 0.6) is 0 Å². The molecule has 3 nitrogen and oxygen atoms in total. The smallest absolute Gasteiger partial charge is 0.201 e. The van der Waals surface area contributed by atoms with E-state index in [4.69, 9.17) is 21.8 Å². The van der Waals surface area contributed by atoms with Crippen molar-refractivity contribution >= 4 is 22.7 Å². The van der Waals surface area contributed by atoms with Gasteiger partial charge in [-0.05, 0) is 37.6 Å². The Labute approximate surface area is 106 Å². The standard InChI is InChI=1S/C13H17ClN2O/c1-8-6-9(14)7-10-11(8)17-12(16-10)13(2,3)4-5-15/h6-7H,4-5,15H2,1-3H3. The van der Waals surface area contributed by atoms with Crippen molar-refractivity contribution in [1.82, 2.24) is 4.98 Å². The van der Waals surface area contributed by atoms with E-state index in [1.165, 1.54) is 0 Å². The first-order valence-corrected chi connectivity index (χ1v) is 6.09. The van der Waals surface area contributed by atoms with Crippen LogP contribution in [0.25, 0.3) is 11.1 Å². The van der Waals surface area contributed by atoms with Gasteiger partial charge in [-0.1, -0.05) is 25.4 Å². The molecule has 0 fully saturated rings. The van der Waals surface area contributed by atoms with Gasteiger partial charge in [-0.3, -0.25) is 0 Å². The molecule has 1 aromatic heterocycles. The zero-order valence-electron chi connectivity index (χ0n) is 10.4. The van der Waals surface area contributed by atoms with Crippen LogP contribution >= 0.6 is 11.6 Å². The zero-order chi connectivity index (χ0) is 12.6. The van der Waals surface area contributed by atoms with Crippen molar-refractivity contribution in [2.45, 2.75) is 32.6 Å². The van der Waals surface area contributed by atoms with Gasteiger partial charge in [-0.2, -0.15) is 0 Å². The molecule has 0 aliphatic rings. The number of nitrogens with zero attached hydrogens (tertiary/aromatic N) is 1. The van der Waals surface area contributed by atoms with Gasteiger partial charge in [0.25, 0.3) is 0 Å². The van der Waals surface area contributed by atoms with Gasteiger partial charge in [-0.25, -0.2) is 4.98 Å². The van der Waals surface area contributed by atoms with E-state index < -0.39 is 0 Å². The summed E-state index contributed by atoms with van der Waals surface area (Å²) < 4.78 is 5.85. The van der Waals surface area contributed by atoms with Crippen molar-refractivity contribution in [2.24, 2.45) is 5.73 Å². The van der Waals surface area contributed by atoms with Gasteiger partial charge in [0.15, 0.2) is 5.58 Å². The van der Waals surface area contributed by atoms with Gasteiger partial charge in [0.2, 0.25) is 5.89 Å². The SMILES string of the molecule is Cc1cc(Cl)cc2nc(C(C)(C)CCN)oc12. The molecule has 2 N–H and O–H groups in total. The Morgan fingerprint density at radius 1 is 1.41 bits per heavy atom. The lowest BCUT2D eigenvalue weighted by molar-refractivity contribution is 0.366. The number of rotatable bonds is 3. The lowest BCUT2D eigenvalue weighted by atomic mass is 9.89. The molecule has 0 aliphatic heterocycles. The number of benzene rings is 1.